The Bertz CT molecular complexity index is 877. The number of rotatable bonds is 7. The van der Waals surface area contributed by atoms with E-state index >= 15 is 0 Å². The van der Waals surface area contributed by atoms with E-state index in [4.69, 9.17) is 27.9 Å². The lowest BCUT2D eigenvalue weighted by Gasteiger charge is -2.32. The lowest BCUT2D eigenvalue weighted by molar-refractivity contribution is -0.134. The maximum Gasteiger partial charge on any atom is 0.261 e. The molecular formula is C23H21Cl2NO2. The van der Waals surface area contributed by atoms with Crippen LogP contribution in [0.5, 0.6) is 5.75 Å². The second-order valence-electron chi connectivity index (χ2n) is 6.27. The molecule has 3 rings (SSSR count). The minimum Gasteiger partial charge on any atom is -0.482 e. The summed E-state index contributed by atoms with van der Waals surface area (Å²) in [5.41, 5.74) is 2.10. The van der Waals surface area contributed by atoms with E-state index in [1.807, 2.05) is 72.5 Å². The Kier molecular flexibility index (Phi) is 6.96. The Labute approximate surface area is 175 Å². The van der Waals surface area contributed by atoms with Crippen LogP contribution in [-0.2, 0) is 4.79 Å². The molecule has 28 heavy (non-hydrogen) atoms. The van der Waals surface area contributed by atoms with Gasteiger partial charge >= 0.3 is 0 Å². The number of likely N-dealkylation sites (N-methyl/N-ethyl adjacent to an activating group) is 1. The fourth-order valence-corrected chi connectivity index (χ4v) is 3.60. The van der Waals surface area contributed by atoms with E-state index in [2.05, 4.69) is 0 Å². The molecule has 144 valence electrons. The first-order chi connectivity index (χ1) is 13.6. The molecule has 0 N–H and O–H groups in total. The van der Waals surface area contributed by atoms with Crippen LogP contribution in [0.3, 0.4) is 0 Å². The highest BCUT2D eigenvalue weighted by Gasteiger charge is 2.25. The molecule has 0 aliphatic rings. The van der Waals surface area contributed by atoms with Crippen molar-refractivity contribution in [1.82, 2.24) is 4.90 Å². The van der Waals surface area contributed by atoms with Gasteiger partial charge in [-0.05, 0) is 36.2 Å². The topological polar surface area (TPSA) is 29.5 Å². The van der Waals surface area contributed by atoms with Gasteiger partial charge in [0.05, 0.1) is 11.1 Å². The molecule has 1 amide bonds. The zero-order valence-electron chi connectivity index (χ0n) is 15.5. The van der Waals surface area contributed by atoms with E-state index in [0.29, 0.717) is 22.3 Å². The summed E-state index contributed by atoms with van der Waals surface area (Å²) in [5, 5.41) is 0.901. The number of hydrogen-bond acceptors (Lipinski definition) is 2. The van der Waals surface area contributed by atoms with Gasteiger partial charge in [0, 0.05) is 11.6 Å². The molecule has 0 aliphatic carbocycles. The van der Waals surface area contributed by atoms with E-state index in [1.54, 1.807) is 18.2 Å². The number of halogens is 2. The van der Waals surface area contributed by atoms with Crippen LogP contribution < -0.4 is 4.74 Å². The second-order valence-corrected chi connectivity index (χ2v) is 7.11. The first kappa shape index (κ1) is 20.2. The molecule has 0 saturated heterocycles. The van der Waals surface area contributed by atoms with Crippen LogP contribution in [0.25, 0.3) is 0 Å². The molecule has 0 fully saturated rings. The van der Waals surface area contributed by atoms with E-state index in [9.17, 15) is 4.79 Å². The highest BCUT2D eigenvalue weighted by Crippen LogP contribution is 2.30. The molecule has 3 aromatic carbocycles. The van der Waals surface area contributed by atoms with Gasteiger partial charge < -0.3 is 9.64 Å². The van der Waals surface area contributed by atoms with Crippen LogP contribution in [0.1, 0.15) is 24.1 Å². The summed E-state index contributed by atoms with van der Waals surface area (Å²) >= 11 is 12.1. The van der Waals surface area contributed by atoms with Gasteiger partial charge in [0.15, 0.2) is 6.61 Å². The Hall–Kier alpha value is -2.49. The second kappa shape index (κ2) is 9.63. The maximum atomic E-state index is 13.0. The summed E-state index contributed by atoms with van der Waals surface area (Å²) < 4.78 is 5.68. The molecule has 0 radical (unpaired) electrons. The molecule has 3 aromatic rings. The lowest BCUT2D eigenvalue weighted by Crippen LogP contribution is -2.38. The lowest BCUT2D eigenvalue weighted by atomic mass is 9.97. The summed E-state index contributed by atoms with van der Waals surface area (Å²) in [5.74, 6) is 0.317. The minimum absolute atomic E-state index is 0.106. The maximum absolute atomic E-state index is 13.0. The number of benzene rings is 3. The molecule has 5 heteroatoms. The zero-order chi connectivity index (χ0) is 19.9. The number of hydrogen-bond donors (Lipinski definition) is 0. The van der Waals surface area contributed by atoms with Crippen LogP contribution in [0, 0.1) is 0 Å². The highest BCUT2D eigenvalue weighted by atomic mass is 35.5. The van der Waals surface area contributed by atoms with Crippen molar-refractivity contribution in [2.24, 2.45) is 0 Å². The van der Waals surface area contributed by atoms with Crippen molar-refractivity contribution in [3.63, 3.8) is 0 Å². The van der Waals surface area contributed by atoms with Crippen LogP contribution in [0.2, 0.25) is 10.0 Å². The van der Waals surface area contributed by atoms with Crippen molar-refractivity contribution in [2.75, 3.05) is 13.2 Å². The van der Waals surface area contributed by atoms with E-state index in [1.165, 1.54) is 0 Å². The van der Waals surface area contributed by atoms with E-state index in [-0.39, 0.29) is 18.6 Å². The minimum atomic E-state index is -0.191. The number of nitrogens with zero attached hydrogens (tertiary/aromatic N) is 1. The third-order valence-corrected chi connectivity index (χ3v) is 4.98. The summed E-state index contributed by atoms with van der Waals surface area (Å²) in [4.78, 5) is 14.9. The molecule has 3 nitrogen and oxygen atoms in total. The van der Waals surface area contributed by atoms with Crippen molar-refractivity contribution in [2.45, 2.75) is 13.0 Å². The van der Waals surface area contributed by atoms with Gasteiger partial charge in [0.1, 0.15) is 5.75 Å². The van der Waals surface area contributed by atoms with Crippen molar-refractivity contribution < 1.29 is 9.53 Å². The number of carbonyl (C=O) groups excluding carboxylic acids is 1. The average molecular weight is 414 g/mol. The Balaban J connectivity index is 1.84. The van der Waals surface area contributed by atoms with Crippen molar-refractivity contribution in [3.05, 3.63) is 100 Å². The van der Waals surface area contributed by atoms with Crippen molar-refractivity contribution in [1.29, 1.82) is 0 Å². The first-order valence-corrected chi connectivity index (χ1v) is 9.83. The summed E-state index contributed by atoms with van der Waals surface area (Å²) in [6.07, 6.45) is 0. The molecule has 0 atom stereocenters. The number of carbonyl (C=O) groups is 1. The fourth-order valence-electron chi connectivity index (χ4n) is 3.14. The normalized spacial score (nSPS) is 10.7. The first-order valence-electron chi connectivity index (χ1n) is 9.07. The van der Waals surface area contributed by atoms with Crippen LogP contribution in [0.15, 0.2) is 78.9 Å². The van der Waals surface area contributed by atoms with Crippen LogP contribution in [0.4, 0.5) is 0 Å². The van der Waals surface area contributed by atoms with Gasteiger partial charge in [-0.25, -0.2) is 0 Å². The molecule has 0 spiro atoms. The Morgan fingerprint density at radius 3 is 2.00 bits per heavy atom. The summed E-state index contributed by atoms with van der Waals surface area (Å²) in [7, 11) is 0. The highest BCUT2D eigenvalue weighted by molar-refractivity contribution is 6.35. The molecule has 0 saturated carbocycles. The molecule has 0 heterocycles. The quantitative estimate of drug-likeness (QED) is 0.474. The summed E-state index contributed by atoms with van der Waals surface area (Å²) in [6.45, 7) is 2.41. The molecular weight excluding hydrogens is 393 g/mol. The van der Waals surface area contributed by atoms with Crippen LogP contribution >= 0.6 is 23.2 Å². The van der Waals surface area contributed by atoms with E-state index in [0.717, 1.165) is 11.1 Å². The average Bonchev–Trinajstić information content (AvgIpc) is 2.72. The fraction of sp³-hybridized carbons (Fsp3) is 0.174. The van der Waals surface area contributed by atoms with Crippen molar-refractivity contribution in [3.8, 4) is 5.75 Å². The third-order valence-electron chi connectivity index (χ3n) is 4.45. The Morgan fingerprint density at radius 2 is 1.50 bits per heavy atom. The SMILES string of the molecule is CCN(C(=O)COc1ccc(Cl)cc1Cl)C(c1ccccc1)c1ccccc1. The third kappa shape index (κ3) is 4.86. The largest absolute Gasteiger partial charge is 0.482 e. The molecule has 0 aromatic heterocycles. The van der Waals surface area contributed by atoms with Crippen molar-refractivity contribution >= 4 is 29.1 Å². The molecule has 0 bridgehead atoms. The summed E-state index contributed by atoms with van der Waals surface area (Å²) in [6, 6.07) is 24.7. The predicted octanol–water partition coefficient (Wildman–Crippen LogP) is 6.01. The molecule has 0 unspecified atom stereocenters. The van der Waals surface area contributed by atoms with Crippen LogP contribution in [-0.4, -0.2) is 24.0 Å². The van der Waals surface area contributed by atoms with Gasteiger partial charge in [-0.1, -0.05) is 83.9 Å². The van der Waals surface area contributed by atoms with Gasteiger partial charge in [0.2, 0.25) is 0 Å². The number of ether oxygens (including phenoxy) is 1. The van der Waals surface area contributed by atoms with Gasteiger partial charge in [0.25, 0.3) is 5.91 Å². The predicted molar refractivity (Wildman–Crippen MR) is 114 cm³/mol. The van der Waals surface area contributed by atoms with Gasteiger partial charge in [-0.3, -0.25) is 4.79 Å². The van der Waals surface area contributed by atoms with Gasteiger partial charge in [-0.2, -0.15) is 0 Å². The smallest absolute Gasteiger partial charge is 0.261 e. The molecule has 0 aliphatic heterocycles. The van der Waals surface area contributed by atoms with Gasteiger partial charge in [-0.15, -0.1) is 0 Å². The van der Waals surface area contributed by atoms with E-state index < -0.39 is 0 Å². The monoisotopic (exact) mass is 413 g/mol. The standard InChI is InChI=1S/C23H21Cl2NO2/c1-2-26(22(27)16-28-21-14-13-19(24)15-20(21)25)23(17-9-5-3-6-10-17)18-11-7-4-8-12-18/h3-15,23H,2,16H2,1H3. The Morgan fingerprint density at radius 1 is 0.929 bits per heavy atom. The number of amides is 1. The zero-order valence-corrected chi connectivity index (χ0v) is 17.0.